The number of aryl methyl sites for hydroxylation is 1. The van der Waals surface area contributed by atoms with Gasteiger partial charge in [-0.25, -0.2) is 13.4 Å². The number of carbonyl (C=O) groups is 1. The maximum Gasteiger partial charge on any atom is 0.256 e. The predicted molar refractivity (Wildman–Crippen MR) is 87.3 cm³/mol. The average Bonchev–Trinajstić information content (AvgIpc) is 2.55. The number of sulfone groups is 1. The molecule has 0 atom stereocenters. The number of carbonyl (C=O) groups excluding carboxylic acids is 1. The molecular weight excluding hydrogens is 316 g/mol. The Morgan fingerprint density at radius 3 is 2.52 bits per heavy atom. The van der Waals surface area contributed by atoms with Crippen LogP contribution in [0.2, 0.25) is 0 Å². The van der Waals surface area contributed by atoms with Crippen LogP contribution >= 0.6 is 0 Å². The third kappa shape index (κ3) is 4.37. The van der Waals surface area contributed by atoms with E-state index in [1.165, 1.54) is 31.4 Å². The Morgan fingerprint density at radius 2 is 1.91 bits per heavy atom. The third-order valence-corrected chi connectivity index (χ3v) is 4.97. The van der Waals surface area contributed by atoms with E-state index in [0.29, 0.717) is 11.4 Å². The molecule has 1 N–H and O–H groups in total. The van der Waals surface area contributed by atoms with Crippen LogP contribution in [0.25, 0.3) is 0 Å². The highest BCUT2D eigenvalue weighted by Gasteiger charge is 2.15. The van der Waals surface area contributed by atoms with E-state index in [-0.39, 0.29) is 23.2 Å². The highest BCUT2D eigenvalue weighted by Crippen LogP contribution is 2.15. The summed E-state index contributed by atoms with van der Waals surface area (Å²) in [5, 5.41) is 2.70. The fourth-order valence-corrected chi connectivity index (χ4v) is 3.09. The summed E-state index contributed by atoms with van der Waals surface area (Å²) >= 11 is 0. The van der Waals surface area contributed by atoms with E-state index in [2.05, 4.69) is 10.3 Å². The largest absolute Gasteiger partial charge is 0.384 e. The number of aromatic nitrogens is 1. The number of rotatable bonds is 6. The summed E-state index contributed by atoms with van der Waals surface area (Å²) in [6.07, 6.45) is 1.59. The number of hydrogen-bond acceptors (Lipinski definition) is 5. The zero-order chi connectivity index (χ0) is 16.9. The quantitative estimate of drug-likeness (QED) is 0.874. The molecule has 23 heavy (non-hydrogen) atoms. The molecular formula is C16H18N2O4S. The maximum absolute atomic E-state index is 12.2. The van der Waals surface area contributed by atoms with E-state index in [4.69, 9.17) is 4.74 Å². The zero-order valence-corrected chi connectivity index (χ0v) is 13.8. The van der Waals surface area contributed by atoms with E-state index < -0.39 is 9.84 Å². The Hall–Kier alpha value is -2.25. The third-order valence-electron chi connectivity index (χ3n) is 3.27. The van der Waals surface area contributed by atoms with Crippen molar-refractivity contribution in [3.63, 3.8) is 0 Å². The van der Waals surface area contributed by atoms with E-state index in [1.54, 1.807) is 12.3 Å². The van der Waals surface area contributed by atoms with Crippen molar-refractivity contribution in [3.05, 3.63) is 53.7 Å². The van der Waals surface area contributed by atoms with Crippen LogP contribution in [0, 0.1) is 6.92 Å². The molecule has 0 radical (unpaired) electrons. The number of pyridine rings is 1. The Labute approximate surface area is 135 Å². The van der Waals surface area contributed by atoms with Crippen molar-refractivity contribution in [2.45, 2.75) is 11.8 Å². The molecule has 0 saturated carbocycles. The normalized spacial score (nSPS) is 11.2. The van der Waals surface area contributed by atoms with Gasteiger partial charge in [0.15, 0.2) is 9.84 Å². The van der Waals surface area contributed by atoms with Crippen molar-refractivity contribution in [2.24, 2.45) is 0 Å². The van der Waals surface area contributed by atoms with Crippen LogP contribution in [0.4, 0.5) is 5.82 Å². The van der Waals surface area contributed by atoms with Crippen molar-refractivity contribution in [1.29, 1.82) is 0 Å². The van der Waals surface area contributed by atoms with Crippen molar-refractivity contribution in [1.82, 2.24) is 4.98 Å². The first-order valence-electron chi connectivity index (χ1n) is 6.99. The van der Waals surface area contributed by atoms with Crippen molar-refractivity contribution in [3.8, 4) is 0 Å². The second-order valence-corrected chi connectivity index (χ2v) is 7.07. The van der Waals surface area contributed by atoms with Gasteiger partial charge < -0.3 is 10.1 Å². The number of nitrogens with one attached hydrogen (secondary N) is 1. The molecule has 122 valence electrons. The van der Waals surface area contributed by atoms with E-state index in [9.17, 15) is 13.2 Å². The number of methoxy groups -OCH3 is 1. The van der Waals surface area contributed by atoms with Gasteiger partial charge in [-0.1, -0.05) is 6.07 Å². The molecule has 0 spiro atoms. The molecule has 0 aliphatic rings. The first-order chi connectivity index (χ1) is 10.9. The maximum atomic E-state index is 12.2. The van der Waals surface area contributed by atoms with Gasteiger partial charge in [0.2, 0.25) is 0 Å². The summed E-state index contributed by atoms with van der Waals surface area (Å²) in [5.74, 6) is 0.0456. The minimum atomic E-state index is -3.40. The topological polar surface area (TPSA) is 85.4 Å². The molecule has 2 rings (SSSR count). The Balaban J connectivity index is 2.13. The number of ether oxygens (including phenoxy) is 1. The summed E-state index contributed by atoms with van der Waals surface area (Å²) < 4.78 is 28.8. The molecule has 1 amide bonds. The molecule has 0 aliphatic carbocycles. The van der Waals surface area contributed by atoms with E-state index in [1.807, 2.05) is 13.0 Å². The fraction of sp³-hybridized carbons (Fsp3) is 0.250. The van der Waals surface area contributed by atoms with Crippen molar-refractivity contribution in [2.75, 3.05) is 24.8 Å². The van der Waals surface area contributed by atoms with E-state index >= 15 is 0 Å². The summed E-state index contributed by atoms with van der Waals surface area (Å²) in [4.78, 5) is 16.4. The van der Waals surface area contributed by atoms with Crippen LogP contribution in [-0.4, -0.2) is 38.8 Å². The first-order valence-corrected chi connectivity index (χ1v) is 8.64. The summed E-state index contributed by atoms with van der Waals surface area (Å²) in [5.41, 5.74) is 1.21. The van der Waals surface area contributed by atoms with Crippen LogP contribution in [0.3, 0.4) is 0 Å². The van der Waals surface area contributed by atoms with Crippen molar-refractivity contribution < 1.29 is 17.9 Å². The molecule has 0 bridgehead atoms. The monoisotopic (exact) mass is 334 g/mol. The van der Waals surface area contributed by atoms with Gasteiger partial charge in [0, 0.05) is 18.9 Å². The van der Waals surface area contributed by atoms with Crippen LogP contribution in [-0.2, 0) is 14.6 Å². The van der Waals surface area contributed by atoms with Gasteiger partial charge in [-0.2, -0.15) is 0 Å². The molecule has 7 heteroatoms. The molecule has 1 aromatic carbocycles. The van der Waals surface area contributed by atoms with Crippen LogP contribution in [0.15, 0.2) is 47.5 Å². The average molecular weight is 334 g/mol. The molecule has 0 saturated heterocycles. The minimum absolute atomic E-state index is 0.0951. The number of amides is 1. The van der Waals surface area contributed by atoms with Crippen LogP contribution in [0.5, 0.6) is 0 Å². The second kappa shape index (κ2) is 7.34. The lowest BCUT2D eigenvalue weighted by atomic mass is 10.2. The number of hydrogen-bond donors (Lipinski definition) is 1. The zero-order valence-electron chi connectivity index (χ0n) is 12.9. The van der Waals surface area contributed by atoms with Gasteiger partial charge in [-0.15, -0.1) is 0 Å². The SMILES string of the molecule is COCCS(=O)(=O)c1ccc(C(=O)Nc2ncccc2C)cc1. The molecule has 0 aliphatic heterocycles. The number of nitrogens with zero attached hydrogens (tertiary/aromatic N) is 1. The summed E-state index contributed by atoms with van der Waals surface area (Å²) in [6, 6.07) is 9.43. The number of anilines is 1. The lowest BCUT2D eigenvalue weighted by Crippen LogP contribution is -2.15. The van der Waals surface area contributed by atoms with Gasteiger partial charge in [0.05, 0.1) is 17.3 Å². The molecule has 1 heterocycles. The highest BCUT2D eigenvalue weighted by atomic mass is 32.2. The van der Waals surface area contributed by atoms with E-state index in [0.717, 1.165) is 5.56 Å². The van der Waals surface area contributed by atoms with Gasteiger partial charge in [0.25, 0.3) is 5.91 Å². The fourth-order valence-electron chi connectivity index (χ4n) is 1.92. The van der Waals surface area contributed by atoms with Crippen LogP contribution in [0.1, 0.15) is 15.9 Å². The Morgan fingerprint density at radius 1 is 1.22 bits per heavy atom. The summed E-state index contributed by atoms with van der Waals surface area (Å²) in [7, 11) is -1.95. The Bertz CT molecular complexity index is 786. The van der Waals surface area contributed by atoms with Gasteiger partial charge in [-0.3, -0.25) is 4.79 Å². The molecule has 2 aromatic rings. The highest BCUT2D eigenvalue weighted by molar-refractivity contribution is 7.91. The predicted octanol–water partition coefficient (Wildman–Crippen LogP) is 2.06. The standard InChI is InChI=1S/C16H18N2O4S/c1-12-4-3-9-17-15(12)18-16(19)13-5-7-14(8-6-13)23(20,21)11-10-22-2/h3-9H,10-11H2,1-2H3,(H,17,18,19). The summed E-state index contributed by atoms with van der Waals surface area (Å²) in [6.45, 7) is 1.97. The lowest BCUT2D eigenvalue weighted by molar-refractivity contribution is 0.102. The number of benzene rings is 1. The van der Waals surface area contributed by atoms with Crippen molar-refractivity contribution >= 4 is 21.6 Å². The Kier molecular flexibility index (Phi) is 5.46. The molecule has 1 aromatic heterocycles. The lowest BCUT2D eigenvalue weighted by Gasteiger charge is -2.08. The molecule has 0 unspecified atom stereocenters. The first kappa shape index (κ1) is 17.1. The smallest absolute Gasteiger partial charge is 0.256 e. The molecule has 6 nitrogen and oxygen atoms in total. The second-order valence-electron chi connectivity index (χ2n) is 4.96. The van der Waals surface area contributed by atoms with Gasteiger partial charge >= 0.3 is 0 Å². The molecule has 0 fully saturated rings. The van der Waals surface area contributed by atoms with Gasteiger partial charge in [0.1, 0.15) is 5.82 Å². The minimum Gasteiger partial charge on any atom is -0.384 e. The van der Waals surface area contributed by atoms with Crippen LogP contribution < -0.4 is 5.32 Å². The van der Waals surface area contributed by atoms with Gasteiger partial charge in [-0.05, 0) is 42.8 Å².